The third-order valence-corrected chi connectivity index (χ3v) is 9.63. The number of rotatable bonds is 5. The Bertz CT molecular complexity index is 1330. The van der Waals surface area contributed by atoms with E-state index in [-0.39, 0.29) is 29.5 Å². The maximum absolute atomic E-state index is 13.2. The molecule has 0 saturated carbocycles. The van der Waals surface area contributed by atoms with Gasteiger partial charge in [0.2, 0.25) is 10.0 Å². The number of benzene rings is 1. The lowest BCUT2D eigenvalue weighted by Gasteiger charge is -2.22. The van der Waals surface area contributed by atoms with Crippen LogP contribution in [0.2, 0.25) is 0 Å². The van der Waals surface area contributed by atoms with Gasteiger partial charge in [-0.15, -0.1) is 0 Å². The van der Waals surface area contributed by atoms with Crippen molar-refractivity contribution in [3.63, 3.8) is 0 Å². The van der Waals surface area contributed by atoms with Crippen LogP contribution in [0, 0.1) is 13.8 Å². The van der Waals surface area contributed by atoms with Crippen molar-refractivity contribution in [1.29, 1.82) is 0 Å². The highest BCUT2D eigenvalue weighted by Crippen LogP contribution is 2.35. The Morgan fingerprint density at radius 3 is 2.58 bits per heavy atom. The van der Waals surface area contributed by atoms with E-state index in [1.54, 1.807) is 34.8 Å². The molecule has 0 bridgehead atoms. The van der Waals surface area contributed by atoms with Crippen molar-refractivity contribution in [2.75, 3.05) is 29.1 Å². The maximum atomic E-state index is 13.2. The smallest absolute Gasteiger partial charge is 0.253 e. The van der Waals surface area contributed by atoms with Crippen LogP contribution in [0.1, 0.15) is 52.3 Å². The second kappa shape index (κ2) is 8.12. The zero-order chi connectivity index (χ0) is 24.3. The van der Waals surface area contributed by atoms with Crippen molar-refractivity contribution in [3.8, 4) is 0 Å². The molecule has 2 aliphatic heterocycles. The predicted molar refractivity (Wildman–Crippen MR) is 127 cm³/mol. The molecule has 2 aliphatic rings. The minimum absolute atomic E-state index is 0.0984. The highest BCUT2D eigenvalue weighted by atomic mass is 32.2. The van der Waals surface area contributed by atoms with Crippen molar-refractivity contribution >= 4 is 31.5 Å². The lowest BCUT2D eigenvalue weighted by atomic mass is 10.1. The molecule has 3 heterocycles. The Morgan fingerprint density at radius 1 is 1.27 bits per heavy atom. The lowest BCUT2D eigenvalue weighted by molar-refractivity contribution is 0.0784. The number of hydrogen-bond acceptors (Lipinski definition) is 6. The molecule has 0 aliphatic carbocycles. The van der Waals surface area contributed by atoms with Crippen LogP contribution in [0.5, 0.6) is 0 Å². The van der Waals surface area contributed by atoms with Gasteiger partial charge in [-0.25, -0.2) is 16.8 Å². The van der Waals surface area contributed by atoms with Crippen LogP contribution in [-0.2, 0) is 32.8 Å². The van der Waals surface area contributed by atoms with Crippen LogP contribution in [-0.4, -0.2) is 68.3 Å². The monoisotopic (exact) mass is 494 g/mol. The summed E-state index contributed by atoms with van der Waals surface area (Å²) in [6.45, 7) is 5.98. The second-order valence-corrected chi connectivity index (χ2v) is 13.4. The Hall–Kier alpha value is -2.40. The zero-order valence-electron chi connectivity index (χ0n) is 19.6. The minimum Gasteiger partial charge on any atom is -0.337 e. The summed E-state index contributed by atoms with van der Waals surface area (Å²) < 4.78 is 51.3. The van der Waals surface area contributed by atoms with Gasteiger partial charge in [-0.1, -0.05) is 0 Å². The van der Waals surface area contributed by atoms with E-state index in [0.29, 0.717) is 30.6 Å². The Labute approximate surface area is 195 Å². The molecule has 9 nitrogen and oxygen atoms in total. The molecule has 1 aromatic heterocycles. The third-order valence-electron chi connectivity index (χ3n) is 6.61. The van der Waals surface area contributed by atoms with E-state index in [4.69, 9.17) is 0 Å². The van der Waals surface area contributed by atoms with E-state index in [0.717, 1.165) is 22.5 Å². The number of anilines is 1. The summed E-state index contributed by atoms with van der Waals surface area (Å²) in [5.74, 6) is 0.108. The quantitative estimate of drug-likeness (QED) is 0.627. The van der Waals surface area contributed by atoms with Gasteiger partial charge >= 0.3 is 0 Å². The van der Waals surface area contributed by atoms with Gasteiger partial charge < -0.3 is 4.90 Å². The van der Waals surface area contributed by atoms with E-state index in [1.165, 1.54) is 10.6 Å². The molecule has 0 unspecified atom stereocenters. The fourth-order valence-electron chi connectivity index (χ4n) is 5.02. The van der Waals surface area contributed by atoms with Crippen molar-refractivity contribution in [2.45, 2.75) is 52.2 Å². The van der Waals surface area contributed by atoms with Crippen molar-refractivity contribution in [3.05, 3.63) is 46.3 Å². The van der Waals surface area contributed by atoms with Gasteiger partial charge in [0.1, 0.15) is 0 Å². The first-order chi connectivity index (χ1) is 15.3. The zero-order valence-corrected chi connectivity index (χ0v) is 21.2. The molecule has 2 aromatic rings. The van der Waals surface area contributed by atoms with E-state index >= 15 is 0 Å². The molecule has 33 heavy (non-hydrogen) atoms. The van der Waals surface area contributed by atoms with Crippen LogP contribution in [0.25, 0.3) is 0 Å². The molecule has 0 N–H and O–H groups in total. The predicted octanol–water partition coefficient (Wildman–Crippen LogP) is 1.84. The molecule has 2 atom stereocenters. The summed E-state index contributed by atoms with van der Waals surface area (Å²) in [6, 6.07) is 4.80. The molecule has 1 amide bonds. The summed E-state index contributed by atoms with van der Waals surface area (Å²) >= 11 is 0. The second-order valence-electron chi connectivity index (χ2n) is 9.27. The fraction of sp³-hybridized carbons (Fsp3) is 0.545. The Kier molecular flexibility index (Phi) is 5.84. The molecule has 4 rings (SSSR count). The molecule has 1 aromatic carbocycles. The van der Waals surface area contributed by atoms with Crippen LogP contribution < -0.4 is 4.31 Å². The number of sulfone groups is 1. The van der Waals surface area contributed by atoms with E-state index in [1.807, 2.05) is 20.8 Å². The molecule has 11 heteroatoms. The van der Waals surface area contributed by atoms with Crippen molar-refractivity contribution in [1.82, 2.24) is 14.7 Å². The number of carbonyl (C=O) groups is 1. The summed E-state index contributed by atoms with van der Waals surface area (Å²) in [7, 11) is -4.69. The summed E-state index contributed by atoms with van der Waals surface area (Å²) in [5.41, 5.74) is 4.54. The van der Waals surface area contributed by atoms with E-state index in [9.17, 15) is 21.6 Å². The Balaban J connectivity index is 1.54. The van der Waals surface area contributed by atoms with Gasteiger partial charge in [0, 0.05) is 36.5 Å². The van der Waals surface area contributed by atoms with Crippen LogP contribution in [0.15, 0.2) is 18.2 Å². The highest BCUT2D eigenvalue weighted by molar-refractivity contribution is 7.92. The average molecular weight is 495 g/mol. The molecule has 0 radical (unpaired) electrons. The number of aryl methyl sites for hydroxylation is 1. The van der Waals surface area contributed by atoms with Gasteiger partial charge in [-0.2, -0.15) is 5.10 Å². The summed E-state index contributed by atoms with van der Waals surface area (Å²) in [4.78, 5) is 14.8. The Morgan fingerprint density at radius 2 is 1.97 bits per heavy atom. The number of hydrogen-bond donors (Lipinski definition) is 0. The van der Waals surface area contributed by atoms with Gasteiger partial charge in [-0.05, 0) is 57.4 Å². The molecule has 1 fully saturated rings. The molecular weight excluding hydrogens is 464 g/mol. The van der Waals surface area contributed by atoms with Crippen molar-refractivity contribution in [2.24, 2.45) is 0 Å². The normalized spacial score (nSPS) is 21.9. The number of carbonyl (C=O) groups excluding carboxylic acids is 1. The topological polar surface area (TPSA) is 110 Å². The van der Waals surface area contributed by atoms with Gasteiger partial charge in [0.25, 0.3) is 5.91 Å². The lowest BCUT2D eigenvalue weighted by Crippen LogP contribution is -2.34. The SMILES string of the molecule is Cc1nn([C@H]2CCS(=O)(=O)C2)c(C)c1CN(C)C(=O)c1ccc2c(c1)C[C@H](C)N2S(C)(=O)=O. The first kappa shape index (κ1) is 23.7. The molecule has 0 spiro atoms. The number of nitrogens with zero attached hydrogens (tertiary/aromatic N) is 4. The molecular formula is C22H30N4O5S2. The van der Waals surface area contributed by atoms with E-state index in [2.05, 4.69) is 5.10 Å². The van der Waals surface area contributed by atoms with Crippen LogP contribution >= 0.6 is 0 Å². The fourth-order valence-corrected chi connectivity index (χ4v) is 7.98. The highest BCUT2D eigenvalue weighted by Gasteiger charge is 2.34. The van der Waals surface area contributed by atoms with Gasteiger partial charge in [0.15, 0.2) is 9.84 Å². The number of fused-ring (bicyclic) bond motifs is 1. The minimum atomic E-state index is -3.39. The first-order valence-electron chi connectivity index (χ1n) is 10.9. The largest absolute Gasteiger partial charge is 0.337 e. The summed E-state index contributed by atoms with van der Waals surface area (Å²) in [6.07, 6.45) is 2.30. The summed E-state index contributed by atoms with van der Waals surface area (Å²) in [5, 5.41) is 4.58. The van der Waals surface area contributed by atoms with Crippen LogP contribution in [0.3, 0.4) is 0 Å². The average Bonchev–Trinajstić information content (AvgIpc) is 3.33. The molecule has 1 saturated heterocycles. The van der Waals surface area contributed by atoms with Crippen molar-refractivity contribution < 1.29 is 21.6 Å². The van der Waals surface area contributed by atoms with Gasteiger partial charge in [0.05, 0.1) is 35.2 Å². The first-order valence-corrected chi connectivity index (χ1v) is 14.6. The number of aromatic nitrogens is 2. The standard InChI is InChI=1S/C22H30N4O5S2/c1-14-10-18-11-17(6-7-21(18)26(14)32(5,28)29)22(27)24(4)12-20-15(2)23-25(16(20)3)19-8-9-33(30,31)13-19/h6-7,11,14,19H,8-10,12-13H2,1-5H3/t14-,19-/m0/s1. The third kappa shape index (κ3) is 4.40. The van der Waals surface area contributed by atoms with Crippen LogP contribution in [0.4, 0.5) is 5.69 Å². The molecule has 180 valence electrons. The maximum Gasteiger partial charge on any atom is 0.253 e. The number of amides is 1. The van der Waals surface area contributed by atoms with Gasteiger partial charge in [-0.3, -0.25) is 13.8 Å². The van der Waals surface area contributed by atoms with E-state index < -0.39 is 19.9 Å². The number of sulfonamides is 1.